The number of halogens is 1. The molecule has 4 nitrogen and oxygen atoms in total. The summed E-state index contributed by atoms with van der Waals surface area (Å²) < 4.78 is 18.4. The first kappa shape index (κ1) is 17.9. The smallest absolute Gasteiger partial charge is 0.233 e. The van der Waals surface area contributed by atoms with Crippen LogP contribution in [0.25, 0.3) is 0 Å². The van der Waals surface area contributed by atoms with Gasteiger partial charge in [0.1, 0.15) is 11.6 Å². The molecule has 0 aliphatic carbocycles. The van der Waals surface area contributed by atoms with Crippen LogP contribution in [0.1, 0.15) is 22.9 Å². The minimum atomic E-state index is -0.258. The topological polar surface area (TPSA) is 54.3 Å². The standard InChI is InChI=1S/C21H21FN2O2/c22-18-10-8-16(9-11-18)12-13-23-20(25)15-24-21(19-7-4-14-26-19)17-5-2-1-3-6-17/h1-11,14,21,24H,12-13,15H2,(H,23,25)/t21-/m1/s1. The Hall–Kier alpha value is -2.92. The van der Waals surface area contributed by atoms with Crippen LogP contribution in [0.3, 0.4) is 0 Å². The molecule has 0 unspecified atom stereocenters. The van der Waals surface area contributed by atoms with Crippen molar-refractivity contribution in [3.05, 3.63) is 95.7 Å². The van der Waals surface area contributed by atoms with E-state index < -0.39 is 0 Å². The Morgan fingerprint density at radius 3 is 2.46 bits per heavy atom. The average molecular weight is 352 g/mol. The van der Waals surface area contributed by atoms with Gasteiger partial charge in [0.15, 0.2) is 0 Å². The van der Waals surface area contributed by atoms with Gasteiger partial charge in [0.2, 0.25) is 5.91 Å². The second-order valence-electron chi connectivity index (χ2n) is 5.97. The van der Waals surface area contributed by atoms with Gasteiger partial charge >= 0.3 is 0 Å². The number of benzene rings is 2. The van der Waals surface area contributed by atoms with Crippen molar-refractivity contribution in [1.82, 2.24) is 10.6 Å². The zero-order valence-corrected chi connectivity index (χ0v) is 14.3. The lowest BCUT2D eigenvalue weighted by Gasteiger charge is -2.17. The Morgan fingerprint density at radius 2 is 1.77 bits per heavy atom. The third kappa shape index (κ3) is 5.04. The molecule has 1 atom stereocenters. The number of rotatable bonds is 8. The second kappa shape index (κ2) is 8.97. The van der Waals surface area contributed by atoms with Crippen LogP contribution < -0.4 is 10.6 Å². The van der Waals surface area contributed by atoms with E-state index in [2.05, 4.69) is 10.6 Å². The molecule has 1 heterocycles. The molecule has 0 fully saturated rings. The van der Waals surface area contributed by atoms with Crippen molar-refractivity contribution in [3.8, 4) is 0 Å². The van der Waals surface area contributed by atoms with Crippen LogP contribution in [0.4, 0.5) is 4.39 Å². The molecule has 3 aromatic rings. The molecule has 2 aromatic carbocycles. The molecule has 5 heteroatoms. The van der Waals surface area contributed by atoms with Gasteiger partial charge in [-0.05, 0) is 41.8 Å². The molecular weight excluding hydrogens is 331 g/mol. The minimum Gasteiger partial charge on any atom is -0.467 e. The molecule has 2 N–H and O–H groups in total. The summed E-state index contributed by atoms with van der Waals surface area (Å²) in [6.07, 6.45) is 2.28. The number of carbonyl (C=O) groups is 1. The maximum absolute atomic E-state index is 12.9. The average Bonchev–Trinajstić information content (AvgIpc) is 3.19. The van der Waals surface area contributed by atoms with Gasteiger partial charge in [-0.1, -0.05) is 42.5 Å². The van der Waals surface area contributed by atoms with Gasteiger partial charge in [-0.2, -0.15) is 0 Å². The number of amides is 1. The quantitative estimate of drug-likeness (QED) is 0.653. The van der Waals surface area contributed by atoms with E-state index in [4.69, 9.17) is 4.42 Å². The predicted molar refractivity (Wildman–Crippen MR) is 98.1 cm³/mol. The molecule has 0 saturated carbocycles. The van der Waals surface area contributed by atoms with E-state index in [-0.39, 0.29) is 24.3 Å². The van der Waals surface area contributed by atoms with Gasteiger partial charge in [0.25, 0.3) is 0 Å². The first-order valence-corrected chi connectivity index (χ1v) is 8.55. The highest BCUT2D eigenvalue weighted by atomic mass is 19.1. The fourth-order valence-electron chi connectivity index (χ4n) is 2.74. The highest BCUT2D eigenvalue weighted by Gasteiger charge is 2.17. The molecular formula is C21H21FN2O2. The normalized spacial score (nSPS) is 11.9. The summed E-state index contributed by atoms with van der Waals surface area (Å²) in [7, 11) is 0. The van der Waals surface area contributed by atoms with Crippen LogP contribution in [-0.2, 0) is 11.2 Å². The Bertz CT molecular complexity index is 802. The molecule has 1 amide bonds. The monoisotopic (exact) mass is 352 g/mol. The lowest BCUT2D eigenvalue weighted by Crippen LogP contribution is -2.36. The van der Waals surface area contributed by atoms with Crippen molar-refractivity contribution in [1.29, 1.82) is 0 Å². The van der Waals surface area contributed by atoms with E-state index in [0.29, 0.717) is 13.0 Å². The van der Waals surface area contributed by atoms with E-state index in [9.17, 15) is 9.18 Å². The SMILES string of the molecule is O=C(CN[C@H](c1ccccc1)c1ccco1)NCCc1ccc(F)cc1. The second-order valence-corrected chi connectivity index (χ2v) is 5.97. The first-order chi connectivity index (χ1) is 12.7. The van der Waals surface area contributed by atoms with E-state index in [0.717, 1.165) is 16.9 Å². The minimum absolute atomic E-state index is 0.0976. The van der Waals surface area contributed by atoms with Crippen LogP contribution in [0, 0.1) is 5.82 Å². The molecule has 0 aliphatic rings. The lowest BCUT2D eigenvalue weighted by molar-refractivity contribution is -0.120. The van der Waals surface area contributed by atoms with Crippen LogP contribution in [-0.4, -0.2) is 19.0 Å². The maximum Gasteiger partial charge on any atom is 0.233 e. The number of nitrogens with one attached hydrogen (secondary N) is 2. The van der Waals surface area contributed by atoms with Gasteiger partial charge in [-0.15, -0.1) is 0 Å². The van der Waals surface area contributed by atoms with Crippen molar-refractivity contribution in [2.75, 3.05) is 13.1 Å². The molecule has 3 rings (SSSR count). The predicted octanol–water partition coefficient (Wildman–Crippen LogP) is 3.46. The third-order valence-corrected chi connectivity index (χ3v) is 4.08. The summed E-state index contributed by atoms with van der Waals surface area (Å²) >= 11 is 0. The zero-order valence-electron chi connectivity index (χ0n) is 14.3. The highest BCUT2D eigenvalue weighted by molar-refractivity contribution is 5.78. The molecule has 26 heavy (non-hydrogen) atoms. The summed E-state index contributed by atoms with van der Waals surface area (Å²) in [5, 5.41) is 6.11. The van der Waals surface area contributed by atoms with E-state index in [1.54, 1.807) is 18.4 Å². The van der Waals surface area contributed by atoms with Crippen LogP contribution in [0.5, 0.6) is 0 Å². The zero-order chi connectivity index (χ0) is 18.2. The summed E-state index contributed by atoms with van der Waals surface area (Å²) in [5.74, 6) is 0.404. The molecule has 1 aromatic heterocycles. The van der Waals surface area contributed by atoms with Crippen LogP contribution >= 0.6 is 0 Å². The van der Waals surface area contributed by atoms with Crippen molar-refractivity contribution in [3.63, 3.8) is 0 Å². The van der Waals surface area contributed by atoms with Crippen molar-refractivity contribution in [2.24, 2.45) is 0 Å². The van der Waals surface area contributed by atoms with Crippen molar-refractivity contribution >= 4 is 5.91 Å². The summed E-state index contributed by atoms with van der Waals surface area (Å²) in [4.78, 5) is 12.1. The van der Waals surface area contributed by atoms with Gasteiger partial charge in [0, 0.05) is 6.54 Å². The summed E-state index contributed by atoms with van der Waals surface area (Å²) in [6, 6.07) is 19.7. The van der Waals surface area contributed by atoms with Gasteiger partial charge in [-0.25, -0.2) is 4.39 Å². The summed E-state index contributed by atoms with van der Waals surface area (Å²) in [6.45, 7) is 0.673. The van der Waals surface area contributed by atoms with Crippen LogP contribution in [0.15, 0.2) is 77.4 Å². The third-order valence-electron chi connectivity index (χ3n) is 4.08. The Kier molecular flexibility index (Phi) is 6.17. The van der Waals surface area contributed by atoms with Crippen molar-refractivity contribution < 1.29 is 13.6 Å². The molecule has 0 spiro atoms. The van der Waals surface area contributed by atoms with Gasteiger partial charge < -0.3 is 9.73 Å². The molecule has 0 saturated heterocycles. The number of furan rings is 1. The Morgan fingerprint density at radius 1 is 1.00 bits per heavy atom. The van der Waals surface area contributed by atoms with Gasteiger partial charge in [-0.3, -0.25) is 10.1 Å². The highest BCUT2D eigenvalue weighted by Crippen LogP contribution is 2.21. The number of hydrogen-bond acceptors (Lipinski definition) is 3. The fraction of sp³-hybridized carbons (Fsp3) is 0.190. The number of hydrogen-bond donors (Lipinski definition) is 2. The number of carbonyl (C=O) groups excluding carboxylic acids is 1. The van der Waals surface area contributed by atoms with Gasteiger partial charge in [0.05, 0.1) is 18.8 Å². The van der Waals surface area contributed by atoms with E-state index in [1.165, 1.54) is 12.1 Å². The van der Waals surface area contributed by atoms with E-state index in [1.807, 2.05) is 42.5 Å². The lowest BCUT2D eigenvalue weighted by atomic mass is 10.0. The van der Waals surface area contributed by atoms with E-state index >= 15 is 0 Å². The maximum atomic E-state index is 12.9. The molecule has 134 valence electrons. The Balaban J connectivity index is 1.50. The molecule has 0 bridgehead atoms. The van der Waals surface area contributed by atoms with Crippen molar-refractivity contribution in [2.45, 2.75) is 12.5 Å². The largest absolute Gasteiger partial charge is 0.467 e. The Labute approximate surface area is 152 Å². The summed E-state index contributed by atoms with van der Waals surface area (Å²) in [5.41, 5.74) is 2.01. The fourth-order valence-corrected chi connectivity index (χ4v) is 2.74. The first-order valence-electron chi connectivity index (χ1n) is 8.55. The molecule has 0 aliphatic heterocycles. The van der Waals surface area contributed by atoms with Crippen LogP contribution in [0.2, 0.25) is 0 Å². The molecule has 0 radical (unpaired) electrons.